The molecule has 1 amide bonds. The molecule has 1 unspecified atom stereocenters. The van der Waals surface area contributed by atoms with E-state index < -0.39 is 23.3 Å². The summed E-state index contributed by atoms with van der Waals surface area (Å²) in [5, 5.41) is 8.86. The third-order valence-electron chi connectivity index (χ3n) is 3.13. The maximum Gasteiger partial charge on any atom is 0.305 e. The van der Waals surface area contributed by atoms with E-state index >= 15 is 0 Å². The molecule has 0 saturated carbocycles. The number of amides is 1. The zero-order valence-corrected chi connectivity index (χ0v) is 11.4. The minimum atomic E-state index is -1.03. The van der Waals surface area contributed by atoms with Crippen LogP contribution in [0.5, 0.6) is 5.75 Å². The Morgan fingerprint density at radius 1 is 1.52 bits per heavy atom. The highest BCUT2D eigenvalue weighted by atomic mass is 16.5. The smallest absolute Gasteiger partial charge is 0.305 e. The van der Waals surface area contributed by atoms with Crippen LogP contribution in [0, 0.1) is 0 Å². The molecule has 1 aromatic rings. The first kappa shape index (κ1) is 15.0. The topological polar surface area (TPSA) is 106 Å². The quantitative estimate of drug-likeness (QED) is 0.831. The first-order chi connectivity index (χ1) is 10.0. The molecule has 114 valence electrons. The van der Waals surface area contributed by atoms with Gasteiger partial charge in [0.15, 0.2) is 5.76 Å². The number of carbonyl (C=O) groups is 2. The van der Waals surface area contributed by atoms with Crippen LogP contribution in [0.4, 0.5) is 0 Å². The largest absolute Gasteiger partial charge is 0.490 e. The molecule has 8 nitrogen and oxygen atoms in total. The third-order valence-corrected chi connectivity index (χ3v) is 3.13. The van der Waals surface area contributed by atoms with Crippen molar-refractivity contribution in [3.63, 3.8) is 0 Å². The number of hydrogen-bond acceptors (Lipinski definition) is 6. The number of methoxy groups -OCH3 is 1. The molecule has 1 aliphatic heterocycles. The van der Waals surface area contributed by atoms with E-state index in [0.29, 0.717) is 6.61 Å². The Hall–Kier alpha value is -2.35. The van der Waals surface area contributed by atoms with Crippen LogP contribution in [0.1, 0.15) is 17.0 Å². The molecule has 2 rings (SSSR count). The first-order valence-electron chi connectivity index (χ1n) is 6.30. The summed E-state index contributed by atoms with van der Waals surface area (Å²) in [6, 6.07) is 0.449. The summed E-state index contributed by atoms with van der Waals surface area (Å²) >= 11 is 0. The lowest BCUT2D eigenvalue weighted by Crippen LogP contribution is -2.49. The minimum Gasteiger partial charge on any atom is -0.490 e. The second-order valence-electron chi connectivity index (χ2n) is 4.50. The van der Waals surface area contributed by atoms with Crippen LogP contribution >= 0.6 is 0 Å². The fourth-order valence-corrected chi connectivity index (χ4v) is 2.09. The second kappa shape index (κ2) is 6.40. The van der Waals surface area contributed by atoms with Gasteiger partial charge in [-0.1, -0.05) is 0 Å². The number of nitrogens with zero attached hydrogens (tertiary/aromatic N) is 1. The van der Waals surface area contributed by atoms with Crippen molar-refractivity contribution in [3.8, 4) is 5.75 Å². The van der Waals surface area contributed by atoms with Gasteiger partial charge in [-0.3, -0.25) is 14.4 Å². The van der Waals surface area contributed by atoms with Gasteiger partial charge in [0.1, 0.15) is 6.26 Å². The Morgan fingerprint density at radius 2 is 2.29 bits per heavy atom. The Kier molecular flexibility index (Phi) is 4.59. The molecule has 1 saturated heterocycles. The molecule has 1 aromatic heterocycles. The first-order valence-corrected chi connectivity index (χ1v) is 6.30. The molecule has 1 N–H and O–H groups in total. The van der Waals surface area contributed by atoms with E-state index in [1.54, 1.807) is 0 Å². The molecule has 1 aliphatic rings. The molecule has 2 heterocycles. The van der Waals surface area contributed by atoms with Gasteiger partial charge in [-0.2, -0.15) is 0 Å². The normalized spacial score (nSPS) is 18.3. The average molecular weight is 297 g/mol. The van der Waals surface area contributed by atoms with E-state index in [4.69, 9.17) is 19.0 Å². The van der Waals surface area contributed by atoms with E-state index in [-0.39, 0.29) is 31.1 Å². The van der Waals surface area contributed by atoms with Gasteiger partial charge < -0.3 is 23.9 Å². The zero-order chi connectivity index (χ0) is 15.4. The molecule has 0 radical (unpaired) electrons. The van der Waals surface area contributed by atoms with Gasteiger partial charge in [0.2, 0.25) is 11.2 Å². The van der Waals surface area contributed by atoms with Crippen molar-refractivity contribution in [1.29, 1.82) is 0 Å². The van der Waals surface area contributed by atoms with Crippen LogP contribution in [0.15, 0.2) is 21.5 Å². The van der Waals surface area contributed by atoms with E-state index in [0.717, 1.165) is 12.3 Å². The standard InChI is InChI=1S/C13H15NO7/c1-19-11-7-21-10(5-9(11)15)13(18)14-2-3-20-6-8(14)4-12(16)17/h5,7-8H,2-4,6H2,1H3,(H,16,17). The monoisotopic (exact) mass is 297 g/mol. The van der Waals surface area contributed by atoms with Gasteiger partial charge in [-0.05, 0) is 0 Å². The van der Waals surface area contributed by atoms with Crippen LogP contribution < -0.4 is 10.2 Å². The van der Waals surface area contributed by atoms with Gasteiger partial charge in [-0.25, -0.2) is 0 Å². The highest BCUT2D eigenvalue weighted by Gasteiger charge is 2.31. The van der Waals surface area contributed by atoms with Gasteiger partial charge in [0.05, 0.1) is 32.8 Å². The summed E-state index contributed by atoms with van der Waals surface area (Å²) in [4.78, 5) is 36.2. The van der Waals surface area contributed by atoms with Gasteiger partial charge >= 0.3 is 5.97 Å². The molecule has 1 atom stereocenters. The van der Waals surface area contributed by atoms with Crippen molar-refractivity contribution in [1.82, 2.24) is 4.90 Å². The Bertz CT molecular complexity index is 594. The zero-order valence-electron chi connectivity index (χ0n) is 11.4. The average Bonchev–Trinajstić information content (AvgIpc) is 2.46. The second-order valence-corrected chi connectivity index (χ2v) is 4.50. The molecule has 8 heteroatoms. The van der Waals surface area contributed by atoms with Crippen LogP contribution in [-0.2, 0) is 9.53 Å². The number of morpholine rings is 1. The van der Waals surface area contributed by atoms with Gasteiger partial charge in [0.25, 0.3) is 5.91 Å². The molecule has 21 heavy (non-hydrogen) atoms. The highest BCUT2D eigenvalue weighted by Crippen LogP contribution is 2.15. The summed E-state index contributed by atoms with van der Waals surface area (Å²) in [6.45, 7) is 0.688. The Morgan fingerprint density at radius 3 is 2.90 bits per heavy atom. The van der Waals surface area contributed by atoms with Crippen molar-refractivity contribution in [2.45, 2.75) is 12.5 Å². The van der Waals surface area contributed by atoms with Crippen LogP contribution in [-0.4, -0.2) is 54.8 Å². The van der Waals surface area contributed by atoms with Crippen LogP contribution in [0.2, 0.25) is 0 Å². The molecule has 0 bridgehead atoms. The maximum absolute atomic E-state index is 12.3. The van der Waals surface area contributed by atoms with E-state index in [9.17, 15) is 14.4 Å². The van der Waals surface area contributed by atoms with E-state index in [2.05, 4.69) is 0 Å². The van der Waals surface area contributed by atoms with E-state index in [1.165, 1.54) is 12.0 Å². The maximum atomic E-state index is 12.3. The van der Waals surface area contributed by atoms with Crippen LogP contribution in [0.25, 0.3) is 0 Å². The number of aliphatic carboxylic acids is 1. The van der Waals surface area contributed by atoms with Crippen LogP contribution in [0.3, 0.4) is 0 Å². The number of carboxylic acid groups (broad SMARTS) is 1. The van der Waals surface area contributed by atoms with Crippen molar-refractivity contribution in [2.24, 2.45) is 0 Å². The van der Waals surface area contributed by atoms with Gasteiger partial charge in [0, 0.05) is 12.6 Å². The summed E-state index contributed by atoms with van der Waals surface area (Å²) in [6.07, 6.45) is 0.828. The number of carboxylic acids is 1. The Balaban J connectivity index is 2.22. The molecular formula is C13H15NO7. The van der Waals surface area contributed by atoms with E-state index in [1.807, 2.05) is 0 Å². The summed E-state index contributed by atoms with van der Waals surface area (Å²) in [5.74, 6) is -1.72. The van der Waals surface area contributed by atoms with Crippen molar-refractivity contribution >= 4 is 11.9 Å². The lowest BCUT2D eigenvalue weighted by Gasteiger charge is -2.34. The fraction of sp³-hybridized carbons (Fsp3) is 0.462. The molecule has 0 aliphatic carbocycles. The summed E-state index contributed by atoms with van der Waals surface area (Å²) in [7, 11) is 1.32. The van der Waals surface area contributed by atoms with Crippen molar-refractivity contribution < 1.29 is 28.6 Å². The molecule has 0 aromatic carbocycles. The lowest BCUT2D eigenvalue weighted by molar-refractivity contribution is -0.139. The number of hydrogen-bond donors (Lipinski definition) is 1. The Labute approximate surface area is 119 Å². The summed E-state index contributed by atoms with van der Waals surface area (Å²) in [5.41, 5.74) is -0.477. The molecule has 1 fully saturated rings. The molecular weight excluding hydrogens is 282 g/mol. The fourth-order valence-electron chi connectivity index (χ4n) is 2.09. The SMILES string of the molecule is COc1coc(C(=O)N2CCOCC2CC(=O)O)cc1=O. The van der Waals surface area contributed by atoms with Crippen molar-refractivity contribution in [3.05, 3.63) is 28.3 Å². The van der Waals surface area contributed by atoms with Crippen molar-refractivity contribution in [2.75, 3.05) is 26.9 Å². The number of ether oxygens (including phenoxy) is 2. The van der Waals surface area contributed by atoms with Gasteiger partial charge in [-0.15, -0.1) is 0 Å². The highest BCUT2D eigenvalue weighted by molar-refractivity contribution is 5.92. The number of rotatable bonds is 4. The number of carbonyl (C=O) groups excluding carboxylic acids is 1. The predicted octanol–water partition coefficient (Wildman–Crippen LogP) is -0.0359. The third kappa shape index (κ3) is 3.40. The minimum absolute atomic E-state index is 0.00406. The summed E-state index contributed by atoms with van der Waals surface area (Å²) < 4.78 is 15.1. The molecule has 0 spiro atoms. The predicted molar refractivity (Wildman–Crippen MR) is 69.4 cm³/mol. The lowest BCUT2D eigenvalue weighted by atomic mass is 10.1.